The zero-order chi connectivity index (χ0) is 16.9. The third-order valence-corrected chi connectivity index (χ3v) is 3.35. The van der Waals surface area contributed by atoms with Gasteiger partial charge < -0.3 is 15.6 Å². The van der Waals surface area contributed by atoms with Crippen molar-refractivity contribution < 1.29 is 13.7 Å². The molecule has 0 aliphatic heterocycles. The molecule has 2 aromatic rings. The molecule has 1 amide bonds. The van der Waals surface area contributed by atoms with E-state index in [1.54, 1.807) is 12.1 Å². The molecule has 7 heteroatoms. The number of hydrogen-bond donors (Lipinski definition) is 2. The van der Waals surface area contributed by atoms with E-state index in [2.05, 4.69) is 15.5 Å². The Kier molecular flexibility index (Phi) is 5.44. The van der Waals surface area contributed by atoms with Crippen molar-refractivity contribution >= 4 is 5.91 Å². The predicted molar refractivity (Wildman–Crippen MR) is 83.9 cm³/mol. The van der Waals surface area contributed by atoms with Gasteiger partial charge in [-0.1, -0.05) is 5.16 Å². The monoisotopic (exact) mass is 320 g/mol. The minimum Gasteiger partial charge on any atom is -0.350 e. The van der Waals surface area contributed by atoms with Gasteiger partial charge in [-0.25, -0.2) is 4.39 Å². The van der Waals surface area contributed by atoms with Crippen molar-refractivity contribution in [2.75, 3.05) is 6.54 Å². The van der Waals surface area contributed by atoms with Crippen molar-refractivity contribution in [2.24, 2.45) is 5.73 Å². The fraction of sp³-hybridized carbons (Fsp3) is 0.438. The summed E-state index contributed by atoms with van der Waals surface area (Å²) in [6.07, 6.45) is 1.46. The van der Waals surface area contributed by atoms with Crippen molar-refractivity contribution in [2.45, 2.75) is 38.6 Å². The fourth-order valence-electron chi connectivity index (χ4n) is 1.96. The number of aromatic nitrogens is 2. The highest BCUT2D eigenvalue weighted by Gasteiger charge is 2.18. The molecule has 23 heavy (non-hydrogen) atoms. The van der Waals surface area contributed by atoms with Crippen LogP contribution < -0.4 is 11.1 Å². The molecule has 1 aromatic carbocycles. The second kappa shape index (κ2) is 7.32. The van der Waals surface area contributed by atoms with E-state index < -0.39 is 5.54 Å². The summed E-state index contributed by atoms with van der Waals surface area (Å²) in [5.74, 6) is 0.492. The molecular weight excluding hydrogens is 299 g/mol. The summed E-state index contributed by atoms with van der Waals surface area (Å²) < 4.78 is 18.0. The Bertz CT molecular complexity index is 652. The molecule has 2 rings (SSSR count). The summed E-state index contributed by atoms with van der Waals surface area (Å²) in [6.45, 7) is 4.12. The van der Waals surface area contributed by atoms with E-state index in [9.17, 15) is 9.18 Å². The van der Waals surface area contributed by atoms with E-state index in [4.69, 9.17) is 10.3 Å². The summed E-state index contributed by atoms with van der Waals surface area (Å²) in [5, 5.41) is 6.72. The minimum absolute atomic E-state index is 0.0567. The molecule has 124 valence electrons. The highest BCUT2D eigenvalue weighted by molar-refractivity contribution is 5.76. The first-order valence-corrected chi connectivity index (χ1v) is 7.49. The van der Waals surface area contributed by atoms with Gasteiger partial charge in [0.2, 0.25) is 17.6 Å². The molecule has 1 heterocycles. The second-order valence-electron chi connectivity index (χ2n) is 6.01. The average Bonchev–Trinajstić information content (AvgIpc) is 2.96. The first-order chi connectivity index (χ1) is 10.9. The molecule has 0 saturated carbocycles. The summed E-state index contributed by atoms with van der Waals surface area (Å²) in [6, 6.07) is 5.86. The number of nitrogens with one attached hydrogen (secondary N) is 1. The highest BCUT2D eigenvalue weighted by atomic mass is 19.1. The van der Waals surface area contributed by atoms with Gasteiger partial charge in [-0.3, -0.25) is 4.79 Å². The van der Waals surface area contributed by atoms with Crippen LogP contribution in [-0.4, -0.2) is 28.1 Å². The van der Waals surface area contributed by atoms with Crippen molar-refractivity contribution in [3.05, 3.63) is 36.0 Å². The Labute approximate surface area is 134 Å². The lowest BCUT2D eigenvalue weighted by molar-refractivity contribution is -0.122. The normalized spacial score (nSPS) is 11.5. The average molecular weight is 320 g/mol. The number of aryl methyl sites for hydroxylation is 1. The van der Waals surface area contributed by atoms with E-state index in [0.29, 0.717) is 43.1 Å². The van der Waals surface area contributed by atoms with Crippen LogP contribution in [0.2, 0.25) is 0 Å². The van der Waals surface area contributed by atoms with Gasteiger partial charge in [0.1, 0.15) is 5.82 Å². The molecule has 1 aromatic heterocycles. The number of nitrogens with two attached hydrogens (primary N) is 1. The molecule has 0 bridgehead atoms. The molecule has 0 saturated heterocycles. The summed E-state index contributed by atoms with van der Waals surface area (Å²) in [7, 11) is 0. The number of nitrogens with zero attached hydrogens (tertiary/aromatic N) is 2. The lowest BCUT2D eigenvalue weighted by atomic mass is 10.1. The third-order valence-electron chi connectivity index (χ3n) is 3.35. The van der Waals surface area contributed by atoms with E-state index in [1.807, 2.05) is 13.8 Å². The van der Waals surface area contributed by atoms with Crippen LogP contribution in [0.3, 0.4) is 0 Å². The summed E-state index contributed by atoms with van der Waals surface area (Å²) in [4.78, 5) is 16.0. The molecule has 6 nitrogen and oxygen atoms in total. The molecule has 0 atom stereocenters. The lowest BCUT2D eigenvalue weighted by Crippen LogP contribution is -2.48. The Balaban J connectivity index is 1.83. The minimum atomic E-state index is -0.405. The maximum Gasteiger partial charge on any atom is 0.226 e. The standard InChI is InChI=1S/C16H21FN4O2/c1-16(2,10-18)20-13(22)4-3-5-14-19-15(21-23-14)11-6-8-12(17)9-7-11/h6-9H,3-5,10,18H2,1-2H3,(H,20,22). The third kappa shape index (κ3) is 5.14. The fourth-order valence-corrected chi connectivity index (χ4v) is 1.96. The largest absolute Gasteiger partial charge is 0.350 e. The quantitative estimate of drug-likeness (QED) is 0.814. The van der Waals surface area contributed by atoms with Crippen LogP contribution in [0.1, 0.15) is 32.6 Å². The van der Waals surface area contributed by atoms with Crippen LogP contribution in [0.5, 0.6) is 0 Å². The van der Waals surface area contributed by atoms with Gasteiger partial charge in [-0.15, -0.1) is 0 Å². The number of carbonyl (C=O) groups is 1. The number of halogens is 1. The van der Waals surface area contributed by atoms with E-state index in [0.717, 1.165) is 0 Å². The predicted octanol–water partition coefficient (Wildman–Crippen LogP) is 2.05. The van der Waals surface area contributed by atoms with Gasteiger partial charge in [0.15, 0.2) is 0 Å². The van der Waals surface area contributed by atoms with Crippen molar-refractivity contribution in [3.8, 4) is 11.4 Å². The highest BCUT2D eigenvalue weighted by Crippen LogP contribution is 2.16. The zero-order valence-electron chi connectivity index (χ0n) is 13.3. The van der Waals surface area contributed by atoms with Crippen LogP contribution in [-0.2, 0) is 11.2 Å². The Hall–Kier alpha value is -2.28. The SMILES string of the molecule is CC(C)(CN)NC(=O)CCCc1nc(-c2ccc(F)cc2)no1. The van der Waals surface area contributed by atoms with Crippen LogP contribution in [0, 0.1) is 5.82 Å². The number of amides is 1. The molecule has 0 radical (unpaired) electrons. The molecular formula is C16H21FN4O2. The number of hydrogen-bond acceptors (Lipinski definition) is 5. The number of carbonyl (C=O) groups excluding carboxylic acids is 1. The maximum absolute atomic E-state index is 12.9. The van der Waals surface area contributed by atoms with Gasteiger partial charge in [0.05, 0.1) is 0 Å². The molecule has 0 aliphatic carbocycles. The molecule has 3 N–H and O–H groups in total. The van der Waals surface area contributed by atoms with Gasteiger partial charge in [-0.2, -0.15) is 4.98 Å². The molecule has 0 spiro atoms. The van der Waals surface area contributed by atoms with Gasteiger partial charge >= 0.3 is 0 Å². The lowest BCUT2D eigenvalue weighted by Gasteiger charge is -2.24. The van der Waals surface area contributed by atoms with Crippen LogP contribution in [0.15, 0.2) is 28.8 Å². The summed E-state index contributed by atoms with van der Waals surface area (Å²) >= 11 is 0. The zero-order valence-corrected chi connectivity index (χ0v) is 13.3. The Morgan fingerprint density at radius 2 is 2.04 bits per heavy atom. The molecule has 0 fully saturated rings. The topological polar surface area (TPSA) is 94.0 Å². The van der Waals surface area contributed by atoms with Crippen molar-refractivity contribution in [3.63, 3.8) is 0 Å². The van der Waals surface area contributed by atoms with Crippen molar-refractivity contribution in [1.29, 1.82) is 0 Å². The maximum atomic E-state index is 12.9. The number of benzene rings is 1. The Morgan fingerprint density at radius 1 is 1.35 bits per heavy atom. The van der Waals surface area contributed by atoms with Crippen molar-refractivity contribution in [1.82, 2.24) is 15.5 Å². The summed E-state index contributed by atoms with van der Waals surface area (Å²) in [5.41, 5.74) is 5.85. The van der Waals surface area contributed by atoms with E-state index >= 15 is 0 Å². The van der Waals surface area contributed by atoms with E-state index in [-0.39, 0.29) is 11.7 Å². The first-order valence-electron chi connectivity index (χ1n) is 7.49. The van der Waals surface area contributed by atoms with Gasteiger partial charge in [0.25, 0.3) is 0 Å². The van der Waals surface area contributed by atoms with Crippen LogP contribution in [0.25, 0.3) is 11.4 Å². The van der Waals surface area contributed by atoms with Crippen LogP contribution in [0.4, 0.5) is 4.39 Å². The first kappa shape index (κ1) is 17.1. The number of rotatable bonds is 7. The smallest absolute Gasteiger partial charge is 0.226 e. The Morgan fingerprint density at radius 3 is 2.70 bits per heavy atom. The molecule has 0 unspecified atom stereocenters. The van der Waals surface area contributed by atoms with Gasteiger partial charge in [0, 0.05) is 30.5 Å². The second-order valence-corrected chi connectivity index (χ2v) is 6.01. The van der Waals surface area contributed by atoms with Crippen LogP contribution >= 0.6 is 0 Å². The molecule has 0 aliphatic rings. The van der Waals surface area contributed by atoms with Gasteiger partial charge in [-0.05, 0) is 44.5 Å². The van der Waals surface area contributed by atoms with E-state index in [1.165, 1.54) is 12.1 Å².